The zero-order valence-electron chi connectivity index (χ0n) is 19.6. The number of hydrogen-bond donors (Lipinski definition) is 5. The molecule has 2 aliphatic heterocycles. The highest BCUT2D eigenvalue weighted by atomic mass is 19.4. The molecule has 1 saturated heterocycles. The Bertz CT molecular complexity index is 906. The van der Waals surface area contributed by atoms with Crippen molar-refractivity contribution in [3.8, 4) is 0 Å². The van der Waals surface area contributed by atoms with Gasteiger partial charge in [-0.05, 0) is 55.7 Å². The maximum Gasteiger partial charge on any atom is 0.416 e. The number of nitrogens with zero attached hydrogens (tertiary/aromatic N) is 1. The minimum atomic E-state index is -4.44. The molecule has 0 bridgehead atoms. The molecule has 2 heterocycles. The van der Waals surface area contributed by atoms with Gasteiger partial charge >= 0.3 is 6.18 Å². The van der Waals surface area contributed by atoms with Crippen LogP contribution in [0.25, 0.3) is 5.70 Å². The number of fused-ring (bicyclic) bond motifs is 1. The maximum atomic E-state index is 13.1. The van der Waals surface area contributed by atoms with E-state index in [2.05, 4.69) is 40.2 Å². The number of amides is 1. The molecule has 4 rings (SSSR count). The number of aliphatic hydroxyl groups is 1. The number of carbonyl (C=O) groups is 1. The molecule has 188 valence electrons. The number of rotatable bonds is 7. The molecule has 1 atom stereocenters. The summed E-state index contributed by atoms with van der Waals surface area (Å²) in [5.41, 5.74) is 6.13. The van der Waals surface area contributed by atoms with Gasteiger partial charge in [0, 0.05) is 30.9 Å². The van der Waals surface area contributed by atoms with Crippen molar-refractivity contribution < 1.29 is 23.1 Å². The summed E-state index contributed by atoms with van der Waals surface area (Å²) >= 11 is 0. The largest absolute Gasteiger partial charge is 0.416 e. The molecule has 0 radical (unpaired) electrons. The lowest BCUT2D eigenvalue weighted by Crippen LogP contribution is -2.63. The lowest BCUT2D eigenvalue weighted by Gasteiger charge is -2.47. The third-order valence-electron chi connectivity index (χ3n) is 7.20. The molecule has 1 saturated carbocycles. The number of aliphatic hydroxyl groups excluding tert-OH is 1. The van der Waals surface area contributed by atoms with E-state index in [1.165, 1.54) is 12.3 Å². The van der Waals surface area contributed by atoms with Gasteiger partial charge in [0.2, 0.25) is 5.91 Å². The Hall–Kier alpha value is -2.46. The third-order valence-corrected chi connectivity index (χ3v) is 7.20. The van der Waals surface area contributed by atoms with Crippen LogP contribution in [0, 0.1) is 11.8 Å². The first-order chi connectivity index (χ1) is 16.1. The van der Waals surface area contributed by atoms with Crippen LogP contribution in [0.2, 0.25) is 0 Å². The van der Waals surface area contributed by atoms with E-state index in [1.54, 1.807) is 0 Å². The van der Waals surface area contributed by atoms with E-state index < -0.39 is 11.7 Å². The van der Waals surface area contributed by atoms with Crippen molar-refractivity contribution in [2.75, 3.05) is 25.1 Å². The number of nitrogens with one attached hydrogen (secondary N) is 4. The quantitative estimate of drug-likeness (QED) is 0.412. The number of halogens is 3. The average Bonchev–Trinajstić information content (AvgIpc) is 2.78. The SMILES string of the molecule is CC(C)C(O)[C@H]1CC[C@H](N2CC(NC(=O)CNC3=CNNc4ccc(C(F)(F)F)cc43)C2)CC1. The minimum Gasteiger partial charge on any atom is -0.393 e. The number of hydrazine groups is 1. The Labute approximate surface area is 198 Å². The van der Waals surface area contributed by atoms with Gasteiger partial charge < -0.3 is 26.6 Å². The van der Waals surface area contributed by atoms with Gasteiger partial charge in [-0.25, -0.2) is 0 Å². The summed E-state index contributed by atoms with van der Waals surface area (Å²) < 4.78 is 39.3. The van der Waals surface area contributed by atoms with Gasteiger partial charge in [-0.15, -0.1) is 0 Å². The molecule has 1 aliphatic carbocycles. The molecule has 0 spiro atoms. The highest BCUT2D eigenvalue weighted by Gasteiger charge is 2.37. The highest BCUT2D eigenvalue weighted by Crippen LogP contribution is 2.35. The van der Waals surface area contributed by atoms with Crippen LogP contribution in [0.3, 0.4) is 0 Å². The van der Waals surface area contributed by atoms with Crippen molar-refractivity contribution in [2.45, 2.75) is 63.9 Å². The molecule has 5 N–H and O–H groups in total. The summed E-state index contributed by atoms with van der Waals surface area (Å²) in [5, 5.41) is 16.3. The molecular formula is C24H34F3N5O2. The zero-order chi connectivity index (χ0) is 24.5. The second-order valence-corrected chi connectivity index (χ2v) is 9.96. The minimum absolute atomic E-state index is 0.0299. The van der Waals surface area contributed by atoms with E-state index >= 15 is 0 Å². The molecule has 34 heavy (non-hydrogen) atoms. The number of anilines is 1. The molecule has 7 nitrogen and oxygen atoms in total. The van der Waals surface area contributed by atoms with E-state index in [-0.39, 0.29) is 30.5 Å². The smallest absolute Gasteiger partial charge is 0.393 e. The predicted molar refractivity (Wildman–Crippen MR) is 124 cm³/mol. The van der Waals surface area contributed by atoms with Gasteiger partial charge in [-0.2, -0.15) is 13.2 Å². The molecule has 1 unspecified atom stereocenters. The van der Waals surface area contributed by atoms with E-state index in [9.17, 15) is 23.1 Å². The number of benzene rings is 1. The maximum absolute atomic E-state index is 13.1. The van der Waals surface area contributed by atoms with Crippen molar-refractivity contribution in [3.05, 3.63) is 35.5 Å². The van der Waals surface area contributed by atoms with E-state index in [0.29, 0.717) is 28.9 Å². The summed E-state index contributed by atoms with van der Waals surface area (Å²) in [4.78, 5) is 14.8. The van der Waals surface area contributed by atoms with Crippen LogP contribution in [0.15, 0.2) is 24.4 Å². The van der Waals surface area contributed by atoms with Crippen LogP contribution >= 0.6 is 0 Å². The summed E-state index contributed by atoms with van der Waals surface area (Å²) in [7, 11) is 0. The van der Waals surface area contributed by atoms with Crippen molar-refractivity contribution in [1.82, 2.24) is 21.0 Å². The first-order valence-electron chi connectivity index (χ1n) is 12.0. The van der Waals surface area contributed by atoms with Gasteiger partial charge in [0.1, 0.15) is 0 Å². The van der Waals surface area contributed by atoms with E-state index in [4.69, 9.17) is 0 Å². The molecule has 0 aromatic heterocycles. The van der Waals surface area contributed by atoms with E-state index in [0.717, 1.165) is 50.9 Å². The highest BCUT2D eigenvalue weighted by molar-refractivity contribution is 5.83. The van der Waals surface area contributed by atoms with Crippen molar-refractivity contribution >= 4 is 17.3 Å². The van der Waals surface area contributed by atoms with Gasteiger partial charge in [0.05, 0.1) is 35.6 Å². The van der Waals surface area contributed by atoms with E-state index in [1.807, 2.05) is 0 Å². The predicted octanol–water partition coefficient (Wildman–Crippen LogP) is 2.90. The Morgan fingerprint density at radius 2 is 1.91 bits per heavy atom. The van der Waals surface area contributed by atoms with Gasteiger partial charge in [-0.3, -0.25) is 9.69 Å². The van der Waals surface area contributed by atoms with Crippen molar-refractivity contribution in [2.24, 2.45) is 11.8 Å². The fourth-order valence-electron chi connectivity index (χ4n) is 5.17. The first kappa shape index (κ1) is 24.7. The summed E-state index contributed by atoms with van der Waals surface area (Å²) in [6.45, 7) is 5.70. The van der Waals surface area contributed by atoms with Gasteiger partial charge in [-0.1, -0.05) is 13.8 Å². The van der Waals surface area contributed by atoms with Crippen LogP contribution in [-0.4, -0.2) is 53.7 Å². The number of hydrogen-bond acceptors (Lipinski definition) is 6. The lowest BCUT2D eigenvalue weighted by atomic mass is 9.78. The number of alkyl halides is 3. The zero-order valence-corrected chi connectivity index (χ0v) is 19.6. The number of carbonyl (C=O) groups excluding carboxylic acids is 1. The van der Waals surface area contributed by atoms with Gasteiger partial charge in [0.15, 0.2) is 0 Å². The third kappa shape index (κ3) is 5.60. The van der Waals surface area contributed by atoms with Crippen LogP contribution in [0.1, 0.15) is 50.7 Å². The normalized spacial score (nSPS) is 24.3. The Kier molecular flexibility index (Phi) is 7.28. The molecule has 1 amide bonds. The average molecular weight is 482 g/mol. The monoisotopic (exact) mass is 481 g/mol. The van der Waals surface area contributed by atoms with Crippen molar-refractivity contribution in [3.63, 3.8) is 0 Å². The first-order valence-corrected chi connectivity index (χ1v) is 12.0. The number of likely N-dealkylation sites (tertiary alicyclic amines) is 1. The summed E-state index contributed by atoms with van der Waals surface area (Å²) in [6, 6.07) is 4.04. The van der Waals surface area contributed by atoms with Crippen LogP contribution in [-0.2, 0) is 11.0 Å². The fourth-order valence-corrected chi connectivity index (χ4v) is 5.17. The van der Waals surface area contributed by atoms with Crippen LogP contribution in [0.5, 0.6) is 0 Å². The molecule has 3 aliphatic rings. The van der Waals surface area contributed by atoms with Crippen LogP contribution < -0.4 is 21.5 Å². The molecular weight excluding hydrogens is 447 g/mol. The Morgan fingerprint density at radius 1 is 1.21 bits per heavy atom. The topological polar surface area (TPSA) is 88.7 Å². The fraction of sp³-hybridized carbons (Fsp3) is 0.625. The second-order valence-electron chi connectivity index (χ2n) is 9.96. The summed E-state index contributed by atoms with van der Waals surface area (Å²) in [6.07, 6.45) is 1.07. The summed E-state index contributed by atoms with van der Waals surface area (Å²) in [5.74, 6) is 0.479. The molecule has 2 fully saturated rings. The van der Waals surface area contributed by atoms with Crippen molar-refractivity contribution in [1.29, 1.82) is 0 Å². The molecule has 1 aromatic rings. The second kappa shape index (κ2) is 10.0. The Balaban J connectivity index is 1.21. The van der Waals surface area contributed by atoms with Gasteiger partial charge in [0.25, 0.3) is 0 Å². The molecule has 1 aromatic carbocycles. The lowest BCUT2D eigenvalue weighted by molar-refractivity contribution is -0.137. The Morgan fingerprint density at radius 3 is 2.56 bits per heavy atom. The standard InChI is InChI=1S/C24H34F3N5O2/c1-14(2)23(34)15-3-6-18(7-4-15)32-12-17(13-32)30-22(33)11-28-21-10-29-31-20-8-5-16(9-19(20)21)24(25,26)27/h5,8-10,14-15,17-18,23,28-29,31,34H,3-4,6-7,11-13H2,1-2H3,(H,30,33)/t15-,18-,23?. The molecule has 10 heteroatoms. The van der Waals surface area contributed by atoms with Crippen LogP contribution in [0.4, 0.5) is 18.9 Å².